The van der Waals surface area contributed by atoms with Gasteiger partial charge in [0.1, 0.15) is 11.6 Å². The Balaban J connectivity index is 1.73. The van der Waals surface area contributed by atoms with E-state index in [0.29, 0.717) is 19.3 Å². The Kier molecular flexibility index (Phi) is 3.98. The van der Waals surface area contributed by atoms with Crippen LogP contribution in [0.3, 0.4) is 0 Å². The highest BCUT2D eigenvalue weighted by Gasteiger charge is 2.65. The van der Waals surface area contributed by atoms with Crippen LogP contribution in [0.1, 0.15) is 65.7 Å². The zero-order chi connectivity index (χ0) is 18.1. The van der Waals surface area contributed by atoms with Crippen molar-refractivity contribution in [3.8, 4) is 0 Å². The molecule has 4 aliphatic rings. The maximum absolute atomic E-state index is 13.2. The first kappa shape index (κ1) is 17.7. The quantitative estimate of drug-likeness (QED) is 0.764. The van der Waals surface area contributed by atoms with Gasteiger partial charge in [-0.2, -0.15) is 0 Å². The maximum Gasteiger partial charge on any atom is 0.136 e. The van der Waals surface area contributed by atoms with Crippen molar-refractivity contribution in [2.24, 2.45) is 40.4 Å². The summed E-state index contributed by atoms with van der Waals surface area (Å²) in [5, 5.41) is 21.3. The Morgan fingerprint density at radius 1 is 1.12 bits per heavy atom. The fourth-order valence-corrected chi connectivity index (χ4v) is 7.69. The summed E-state index contributed by atoms with van der Waals surface area (Å²) in [6.07, 6.45) is 4.51. The van der Waals surface area contributed by atoms with Crippen LogP contribution in [-0.4, -0.2) is 34.0 Å². The highest BCUT2D eigenvalue weighted by Crippen LogP contribution is 2.66. The Morgan fingerprint density at radius 2 is 1.84 bits per heavy atom. The number of carbonyl (C=O) groups excluding carboxylic acids is 2. The van der Waals surface area contributed by atoms with Crippen LogP contribution in [0.5, 0.6) is 0 Å². The Hall–Kier alpha value is -0.740. The summed E-state index contributed by atoms with van der Waals surface area (Å²) in [5.41, 5.74) is -0.299. The van der Waals surface area contributed by atoms with E-state index >= 15 is 0 Å². The van der Waals surface area contributed by atoms with Gasteiger partial charge in [-0.3, -0.25) is 9.59 Å². The molecule has 0 heterocycles. The van der Waals surface area contributed by atoms with Gasteiger partial charge >= 0.3 is 0 Å². The van der Waals surface area contributed by atoms with E-state index in [1.807, 2.05) is 0 Å². The molecular weight excluding hydrogens is 316 g/mol. The molecule has 4 rings (SSSR count). The largest absolute Gasteiger partial charge is 0.393 e. The molecule has 4 aliphatic carbocycles. The van der Waals surface area contributed by atoms with Gasteiger partial charge in [0.05, 0.1) is 12.2 Å². The van der Waals surface area contributed by atoms with Crippen molar-refractivity contribution in [1.82, 2.24) is 0 Å². The molecule has 4 fully saturated rings. The molecule has 9 atom stereocenters. The third-order valence-corrected chi connectivity index (χ3v) is 8.87. The van der Waals surface area contributed by atoms with E-state index in [1.165, 1.54) is 0 Å². The van der Waals surface area contributed by atoms with Crippen molar-refractivity contribution in [2.45, 2.75) is 77.9 Å². The Bertz CT molecular complexity index is 601. The number of hydrogen-bond donors (Lipinski definition) is 2. The lowest BCUT2D eigenvalue weighted by molar-refractivity contribution is -0.185. The molecule has 0 spiro atoms. The van der Waals surface area contributed by atoms with Crippen molar-refractivity contribution < 1.29 is 19.8 Å². The Morgan fingerprint density at radius 3 is 2.52 bits per heavy atom. The first-order chi connectivity index (χ1) is 11.7. The lowest BCUT2D eigenvalue weighted by Crippen LogP contribution is -2.62. The van der Waals surface area contributed by atoms with Gasteiger partial charge in [-0.15, -0.1) is 0 Å². The molecule has 0 radical (unpaired) electrons. The van der Waals surface area contributed by atoms with E-state index in [-0.39, 0.29) is 58.1 Å². The van der Waals surface area contributed by atoms with Crippen LogP contribution < -0.4 is 0 Å². The average molecular weight is 348 g/mol. The highest BCUT2D eigenvalue weighted by molar-refractivity contribution is 5.84. The smallest absolute Gasteiger partial charge is 0.136 e. The van der Waals surface area contributed by atoms with Crippen LogP contribution in [0.4, 0.5) is 0 Å². The van der Waals surface area contributed by atoms with Crippen LogP contribution >= 0.6 is 0 Å². The number of rotatable bonds is 1. The van der Waals surface area contributed by atoms with Crippen molar-refractivity contribution in [2.75, 3.05) is 0 Å². The molecular formula is C21H32O4. The number of aliphatic hydroxyl groups excluding tert-OH is 2. The fraction of sp³-hybridized carbons (Fsp3) is 0.905. The van der Waals surface area contributed by atoms with Gasteiger partial charge in [0.15, 0.2) is 0 Å². The SMILES string of the molecule is CC(=O)C1CCC2C3C(=O)C[C@H]4C[C@H](O)CCC4(C)C3[C@H](O)CC12C. The second-order valence-electron chi connectivity index (χ2n) is 9.98. The van der Waals surface area contributed by atoms with E-state index in [9.17, 15) is 19.8 Å². The minimum atomic E-state index is -0.516. The zero-order valence-corrected chi connectivity index (χ0v) is 15.7. The highest BCUT2D eigenvalue weighted by atomic mass is 16.3. The first-order valence-electron chi connectivity index (χ1n) is 10.1. The van der Waals surface area contributed by atoms with Crippen LogP contribution in [0.2, 0.25) is 0 Å². The summed E-state index contributed by atoms with van der Waals surface area (Å²) in [7, 11) is 0. The van der Waals surface area contributed by atoms with Crippen LogP contribution in [0.15, 0.2) is 0 Å². The number of ketones is 2. The van der Waals surface area contributed by atoms with Gasteiger partial charge < -0.3 is 10.2 Å². The summed E-state index contributed by atoms with van der Waals surface area (Å²) in [5.74, 6) is 0.787. The van der Waals surface area contributed by atoms with Crippen molar-refractivity contribution in [3.63, 3.8) is 0 Å². The molecule has 2 N–H and O–H groups in total. The molecule has 4 heteroatoms. The second kappa shape index (κ2) is 5.63. The third-order valence-electron chi connectivity index (χ3n) is 8.87. The molecule has 140 valence electrons. The standard InChI is InChI=1S/C21H32O4/c1-11(22)14-4-5-15-18-16(24)9-12-8-13(23)6-7-20(12,2)19(18)17(25)10-21(14,15)3/h12-15,17-19,23,25H,4-10H2,1-3H3/t12-,13-,14?,15?,17-,18?,19?,20?,21?/m1/s1. The van der Waals surface area contributed by atoms with Crippen molar-refractivity contribution >= 4 is 11.6 Å². The van der Waals surface area contributed by atoms with Crippen LogP contribution in [0, 0.1) is 40.4 Å². The molecule has 0 aliphatic heterocycles. The summed E-state index contributed by atoms with van der Waals surface area (Å²) in [6.45, 7) is 6.05. The van der Waals surface area contributed by atoms with E-state index in [0.717, 1.165) is 25.7 Å². The second-order valence-corrected chi connectivity index (χ2v) is 9.98. The summed E-state index contributed by atoms with van der Waals surface area (Å²) < 4.78 is 0. The predicted octanol–water partition coefficient (Wildman–Crippen LogP) is 2.75. The van der Waals surface area contributed by atoms with Gasteiger partial charge in [0.25, 0.3) is 0 Å². The Labute approximate surface area is 150 Å². The van der Waals surface area contributed by atoms with E-state index in [2.05, 4.69) is 13.8 Å². The molecule has 0 aromatic rings. The molecule has 6 unspecified atom stereocenters. The van der Waals surface area contributed by atoms with Crippen molar-refractivity contribution in [3.05, 3.63) is 0 Å². The number of Topliss-reactive ketones (excluding diaryl/α,β-unsaturated/α-hetero) is 2. The molecule has 0 saturated heterocycles. The zero-order valence-electron chi connectivity index (χ0n) is 15.7. The minimum absolute atomic E-state index is 0.00460. The normalized spacial score (nSPS) is 55.2. The van der Waals surface area contributed by atoms with Crippen LogP contribution in [-0.2, 0) is 9.59 Å². The van der Waals surface area contributed by atoms with E-state index in [1.54, 1.807) is 6.92 Å². The average Bonchev–Trinajstić information content (AvgIpc) is 2.85. The van der Waals surface area contributed by atoms with Gasteiger partial charge in [-0.25, -0.2) is 0 Å². The molecule has 0 amide bonds. The topological polar surface area (TPSA) is 74.6 Å². The number of fused-ring (bicyclic) bond motifs is 5. The molecule has 0 bridgehead atoms. The monoisotopic (exact) mass is 348 g/mol. The third kappa shape index (κ3) is 2.32. The molecule has 0 aromatic heterocycles. The number of aliphatic hydroxyl groups is 2. The number of carbonyl (C=O) groups is 2. The summed E-state index contributed by atoms with van der Waals surface area (Å²) in [4.78, 5) is 25.3. The van der Waals surface area contributed by atoms with Crippen molar-refractivity contribution in [1.29, 1.82) is 0 Å². The number of hydrogen-bond acceptors (Lipinski definition) is 4. The molecule has 25 heavy (non-hydrogen) atoms. The lowest BCUT2D eigenvalue weighted by atomic mass is 9.43. The first-order valence-corrected chi connectivity index (χ1v) is 10.1. The van der Waals surface area contributed by atoms with Gasteiger partial charge in [0.2, 0.25) is 0 Å². The molecule has 0 aromatic carbocycles. The van der Waals surface area contributed by atoms with E-state index < -0.39 is 6.10 Å². The van der Waals surface area contributed by atoms with Gasteiger partial charge in [-0.05, 0) is 68.1 Å². The van der Waals surface area contributed by atoms with Gasteiger partial charge in [0, 0.05) is 24.2 Å². The predicted molar refractivity (Wildman–Crippen MR) is 93.7 cm³/mol. The van der Waals surface area contributed by atoms with Crippen LogP contribution in [0.25, 0.3) is 0 Å². The summed E-state index contributed by atoms with van der Waals surface area (Å²) >= 11 is 0. The molecule has 4 saturated carbocycles. The lowest BCUT2D eigenvalue weighted by Gasteiger charge is -2.61. The van der Waals surface area contributed by atoms with Gasteiger partial charge in [-0.1, -0.05) is 13.8 Å². The maximum atomic E-state index is 13.2. The fourth-order valence-electron chi connectivity index (χ4n) is 7.69. The molecule has 4 nitrogen and oxygen atoms in total. The summed E-state index contributed by atoms with van der Waals surface area (Å²) in [6, 6.07) is 0. The minimum Gasteiger partial charge on any atom is -0.393 e. The van der Waals surface area contributed by atoms with E-state index in [4.69, 9.17) is 0 Å².